The number of rotatable bonds is 4. The van der Waals surface area contributed by atoms with Gasteiger partial charge in [0.2, 0.25) is 0 Å². The molecule has 0 bridgehead atoms. The maximum atomic E-state index is 13.1. The van der Waals surface area contributed by atoms with Gasteiger partial charge in [-0.1, -0.05) is 64.0 Å². The quantitative estimate of drug-likeness (QED) is 0.336. The molecule has 5 rings (SSSR count). The summed E-state index contributed by atoms with van der Waals surface area (Å²) in [4.78, 5) is 25.6. The van der Waals surface area contributed by atoms with Crippen LogP contribution < -0.4 is 10.3 Å². The van der Waals surface area contributed by atoms with E-state index in [2.05, 4.69) is 20.9 Å². The molecule has 0 fully saturated rings. The van der Waals surface area contributed by atoms with Crippen LogP contribution in [0.3, 0.4) is 0 Å². The lowest BCUT2D eigenvalue weighted by atomic mass is 10.1. The van der Waals surface area contributed by atoms with Crippen molar-refractivity contribution >= 4 is 27.1 Å². The molecule has 0 aliphatic heterocycles. The Labute approximate surface area is 199 Å². The summed E-state index contributed by atoms with van der Waals surface area (Å²) in [5, 5.41) is 0. The maximum Gasteiger partial charge on any atom is 0.279 e. The van der Waals surface area contributed by atoms with Gasteiger partial charge < -0.3 is 9.72 Å². The molecule has 2 heterocycles. The third-order valence-corrected chi connectivity index (χ3v) is 6.05. The Morgan fingerprint density at radius 3 is 2.24 bits per heavy atom. The predicted octanol–water partition coefficient (Wildman–Crippen LogP) is 5.83. The molecule has 6 nitrogen and oxygen atoms in total. The molecule has 5 aromatic rings. The third-order valence-electron chi connectivity index (χ3n) is 5.52. The van der Waals surface area contributed by atoms with E-state index in [1.54, 1.807) is 7.11 Å². The lowest BCUT2D eigenvalue weighted by molar-refractivity contribution is 0.413. The fourth-order valence-electron chi connectivity index (χ4n) is 3.81. The number of aryl methyl sites for hydroxylation is 2. The number of hydrogen-bond acceptors (Lipinski definition) is 4. The number of aromatic amines is 1. The molecule has 0 aliphatic carbocycles. The van der Waals surface area contributed by atoms with Crippen molar-refractivity contribution < 1.29 is 4.74 Å². The van der Waals surface area contributed by atoms with E-state index in [-0.39, 0.29) is 11.1 Å². The molecule has 0 saturated heterocycles. The Bertz CT molecular complexity index is 1530. The number of H-pyrrole nitrogens is 1. The van der Waals surface area contributed by atoms with Gasteiger partial charge in [-0.25, -0.2) is 9.97 Å². The zero-order valence-electron chi connectivity index (χ0n) is 18.4. The normalized spacial score (nSPS) is 11.2. The Kier molecular flexibility index (Phi) is 5.34. The van der Waals surface area contributed by atoms with Crippen LogP contribution in [0.2, 0.25) is 0 Å². The van der Waals surface area contributed by atoms with Gasteiger partial charge in [0.05, 0.1) is 12.8 Å². The molecule has 0 aliphatic rings. The van der Waals surface area contributed by atoms with Gasteiger partial charge >= 0.3 is 0 Å². The molecule has 3 aromatic carbocycles. The molecule has 33 heavy (non-hydrogen) atoms. The van der Waals surface area contributed by atoms with Crippen LogP contribution in [0, 0.1) is 13.8 Å². The van der Waals surface area contributed by atoms with E-state index in [0.717, 1.165) is 32.4 Å². The number of nitrogens with zero attached hydrogens (tertiary/aromatic N) is 3. The number of ether oxygens (including phenoxy) is 1. The van der Waals surface area contributed by atoms with Gasteiger partial charge in [0.15, 0.2) is 11.2 Å². The van der Waals surface area contributed by atoms with Crippen LogP contribution in [0.4, 0.5) is 0 Å². The first-order valence-electron chi connectivity index (χ1n) is 10.5. The standard InChI is InChI=1S/C26H21BrN4O2/c1-15-4-7-17(8-5-15)23-29-25-22(26(32)30-23)28-24(18-9-11-19(27)12-10-18)31(25)20-14-16(2)6-13-21(20)33-3/h4-14H,1-3H3,(H,29,30,32). The largest absolute Gasteiger partial charge is 0.495 e. The van der Waals surface area contributed by atoms with Crippen LogP contribution in [0.25, 0.3) is 39.6 Å². The highest BCUT2D eigenvalue weighted by Crippen LogP contribution is 2.33. The van der Waals surface area contributed by atoms with Crippen molar-refractivity contribution in [3.8, 4) is 34.2 Å². The summed E-state index contributed by atoms with van der Waals surface area (Å²) in [6, 6.07) is 21.6. The lowest BCUT2D eigenvalue weighted by Crippen LogP contribution is -2.11. The van der Waals surface area contributed by atoms with Crippen molar-refractivity contribution in [1.82, 2.24) is 19.5 Å². The number of imidazole rings is 1. The first-order chi connectivity index (χ1) is 15.9. The van der Waals surface area contributed by atoms with Crippen LogP contribution in [0.1, 0.15) is 11.1 Å². The van der Waals surface area contributed by atoms with E-state index >= 15 is 0 Å². The molecule has 1 N–H and O–H groups in total. The van der Waals surface area contributed by atoms with E-state index in [9.17, 15) is 4.79 Å². The molecular weight excluding hydrogens is 480 g/mol. The highest BCUT2D eigenvalue weighted by molar-refractivity contribution is 9.10. The summed E-state index contributed by atoms with van der Waals surface area (Å²) in [6.07, 6.45) is 0. The fourth-order valence-corrected chi connectivity index (χ4v) is 4.08. The number of hydrogen-bond donors (Lipinski definition) is 1. The zero-order valence-corrected chi connectivity index (χ0v) is 20.0. The highest BCUT2D eigenvalue weighted by Gasteiger charge is 2.21. The molecule has 2 aromatic heterocycles. The molecule has 0 saturated carbocycles. The van der Waals surface area contributed by atoms with Crippen LogP contribution in [0.15, 0.2) is 76.0 Å². The average Bonchev–Trinajstić information content (AvgIpc) is 3.20. The number of nitrogens with one attached hydrogen (secondary N) is 1. The van der Waals surface area contributed by atoms with Crippen LogP contribution in [0.5, 0.6) is 5.75 Å². The second-order valence-electron chi connectivity index (χ2n) is 7.91. The molecule has 164 valence electrons. The molecule has 0 atom stereocenters. The van der Waals surface area contributed by atoms with Gasteiger partial charge in [-0.3, -0.25) is 9.36 Å². The van der Waals surface area contributed by atoms with E-state index in [0.29, 0.717) is 23.0 Å². The van der Waals surface area contributed by atoms with Gasteiger partial charge in [0.25, 0.3) is 5.56 Å². The zero-order chi connectivity index (χ0) is 23.1. The molecular formula is C26H21BrN4O2. The van der Waals surface area contributed by atoms with E-state index in [1.165, 1.54) is 0 Å². The predicted molar refractivity (Wildman–Crippen MR) is 134 cm³/mol. The van der Waals surface area contributed by atoms with Crippen LogP contribution in [-0.2, 0) is 0 Å². The number of benzene rings is 3. The minimum absolute atomic E-state index is 0.271. The molecule has 7 heteroatoms. The van der Waals surface area contributed by atoms with E-state index in [1.807, 2.05) is 85.1 Å². The molecule has 0 amide bonds. The number of halogens is 1. The van der Waals surface area contributed by atoms with Crippen molar-refractivity contribution in [2.24, 2.45) is 0 Å². The second kappa shape index (κ2) is 8.33. The minimum atomic E-state index is -0.292. The van der Waals surface area contributed by atoms with Crippen molar-refractivity contribution in [1.29, 1.82) is 0 Å². The van der Waals surface area contributed by atoms with Gasteiger partial charge in [0, 0.05) is 15.6 Å². The number of fused-ring (bicyclic) bond motifs is 1. The van der Waals surface area contributed by atoms with Gasteiger partial charge in [0.1, 0.15) is 17.4 Å². The highest BCUT2D eigenvalue weighted by atomic mass is 79.9. The van der Waals surface area contributed by atoms with Gasteiger partial charge in [-0.15, -0.1) is 0 Å². The van der Waals surface area contributed by atoms with Gasteiger partial charge in [-0.05, 0) is 43.7 Å². The summed E-state index contributed by atoms with van der Waals surface area (Å²) in [7, 11) is 1.63. The number of methoxy groups -OCH3 is 1. The van der Waals surface area contributed by atoms with E-state index < -0.39 is 0 Å². The summed E-state index contributed by atoms with van der Waals surface area (Å²) < 4.78 is 8.53. The molecule has 0 unspecified atom stereocenters. The summed E-state index contributed by atoms with van der Waals surface area (Å²) in [5.74, 6) is 1.76. The Morgan fingerprint density at radius 2 is 1.55 bits per heavy atom. The first-order valence-corrected chi connectivity index (χ1v) is 11.2. The summed E-state index contributed by atoms with van der Waals surface area (Å²) >= 11 is 3.49. The minimum Gasteiger partial charge on any atom is -0.495 e. The van der Waals surface area contributed by atoms with E-state index in [4.69, 9.17) is 14.7 Å². The lowest BCUT2D eigenvalue weighted by Gasteiger charge is -2.14. The monoisotopic (exact) mass is 500 g/mol. The summed E-state index contributed by atoms with van der Waals surface area (Å²) in [5.41, 5.74) is 5.09. The SMILES string of the molecule is COc1ccc(C)cc1-n1c(-c2ccc(Br)cc2)nc2c(=O)[nH]c(-c3ccc(C)cc3)nc21. The summed E-state index contributed by atoms with van der Waals surface area (Å²) in [6.45, 7) is 4.03. The maximum absolute atomic E-state index is 13.1. The van der Waals surface area contributed by atoms with Crippen LogP contribution >= 0.6 is 15.9 Å². The molecule has 0 radical (unpaired) electrons. The van der Waals surface area contributed by atoms with Crippen molar-refractivity contribution in [2.45, 2.75) is 13.8 Å². The fraction of sp³-hybridized carbons (Fsp3) is 0.115. The van der Waals surface area contributed by atoms with Crippen molar-refractivity contribution in [2.75, 3.05) is 7.11 Å². The molecule has 0 spiro atoms. The first kappa shape index (κ1) is 21.2. The third kappa shape index (κ3) is 3.85. The van der Waals surface area contributed by atoms with Gasteiger partial charge in [-0.2, -0.15) is 0 Å². The Balaban J connectivity index is 1.87. The van der Waals surface area contributed by atoms with Crippen LogP contribution in [-0.4, -0.2) is 26.6 Å². The average molecular weight is 501 g/mol. The Hall–Kier alpha value is -3.71. The number of aromatic nitrogens is 4. The topological polar surface area (TPSA) is 72.8 Å². The second-order valence-corrected chi connectivity index (χ2v) is 8.82. The van der Waals surface area contributed by atoms with Crippen molar-refractivity contribution in [3.05, 3.63) is 92.7 Å². The van der Waals surface area contributed by atoms with Crippen molar-refractivity contribution in [3.63, 3.8) is 0 Å². The Morgan fingerprint density at radius 1 is 0.879 bits per heavy atom. The smallest absolute Gasteiger partial charge is 0.279 e.